The molecule has 0 spiro atoms. The molecule has 1 saturated heterocycles. The van der Waals surface area contributed by atoms with Crippen LogP contribution in [0.15, 0.2) is 71.3 Å². The lowest BCUT2D eigenvalue weighted by Gasteiger charge is -2.26. The smallest absolute Gasteiger partial charge is 0.233 e. The van der Waals surface area contributed by atoms with Crippen molar-refractivity contribution in [3.63, 3.8) is 0 Å². The molecular formula is C29H28FN5O3. The van der Waals surface area contributed by atoms with Crippen LogP contribution in [-0.4, -0.2) is 54.3 Å². The third kappa shape index (κ3) is 6.23. The predicted molar refractivity (Wildman–Crippen MR) is 140 cm³/mol. The van der Waals surface area contributed by atoms with Crippen LogP contribution in [-0.2, 0) is 17.9 Å². The Morgan fingerprint density at radius 1 is 1.03 bits per heavy atom. The fraction of sp³-hybridized carbons (Fsp3) is 0.276. The third-order valence-electron chi connectivity index (χ3n) is 6.30. The molecule has 1 aliphatic heterocycles. The van der Waals surface area contributed by atoms with E-state index in [1.807, 2.05) is 30.3 Å². The van der Waals surface area contributed by atoms with Gasteiger partial charge in [0.1, 0.15) is 28.9 Å². The average molecular weight is 514 g/mol. The summed E-state index contributed by atoms with van der Waals surface area (Å²) in [6.07, 6.45) is 1.61. The van der Waals surface area contributed by atoms with Crippen molar-refractivity contribution in [2.24, 2.45) is 0 Å². The van der Waals surface area contributed by atoms with Crippen LogP contribution in [0.3, 0.4) is 0 Å². The fourth-order valence-electron chi connectivity index (χ4n) is 4.33. The topological polar surface area (TPSA) is 96.4 Å². The van der Waals surface area contributed by atoms with E-state index in [0.29, 0.717) is 29.5 Å². The van der Waals surface area contributed by atoms with Gasteiger partial charge in [-0.1, -0.05) is 30.3 Å². The Morgan fingerprint density at radius 2 is 1.82 bits per heavy atom. The van der Waals surface area contributed by atoms with Gasteiger partial charge in [0.05, 0.1) is 19.8 Å². The van der Waals surface area contributed by atoms with Crippen LogP contribution in [0.2, 0.25) is 0 Å². The summed E-state index contributed by atoms with van der Waals surface area (Å²) in [4.78, 5) is 11.3. The van der Waals surface area contributed by atoms with Crippen molar-refractivity contribution in [1.29, 1.82) is 5.26 Å². The van der Waals surface area contributed by atoms with Gasteiger partial charge < -0.3 is 19.2 Å². The number of oxazole rings is 1. The highest BCUT2D eigenvalue weighted by Gasteiger charge is 2.18. The SMILES string of the molecule is N#Cc1c(-c2ccccc2)ccnc1OCc1nc(-c2ccc(F)cc2)c(CNCCN2CCOCC2)o1. The summed E-state index contributed by atoms with van der Waals surface area (Å²) in [5.41, 5.74) is 3.34. The Kier molecular flexibility index (Phi) is 8.36. The predicted octanol–water partition coefficient (Wildman–Crippen LogP) is 4.42. The van der Waals surface area contributed by atoms with Gasteiger partial charge in [-0.2, -0.15) is 5.26 Å². The molecule has 38 heavy (non-hydrogen) atoms. The van der Waals surface area contributed by atoms with Gasteiger partial charge >= 0.3 is 0 Å². The number of hydrogen-bond acceptors (Lipinski definition) is 8. The van der Waals surface area contributed by atoms with E-state index < -0.39 is 0 Å². The van der Waals surface area contributed by atoms with Crippen molar-refractivity contribution in [3.05, 3.63) is 89.9 Å². The van der Waals surface area contributed by atoms with Crippen LogP contribution in [0.4, 0.5) is 4.39 Å². The molecule has 9 heteroatoms. The van der Waals surface area contributed by atoms with Gasteiger partial charge in [-0.3, -0.25) is 4.90 Å². The lowest BCUT2D eigenvalue weighted by atomic mass is 10.0. The first-order chi connectivity index (χ1) is 18.7. The number of aromatic nitrogens is 2. The van der Waals surface area contributed by atoms with Crippen LogP contribution < -0.4 is 10.1 Å². The minimum Gasteiger partial charge on any atom is -0.467 e. The molecule has 0 bridgehead atoms. The van der Waals surface area contributed by atoms with Gasteiger partial charge in [-0.05, 0) is 35.9 Å². The Bertz CT molecular complexity index is 1380. The van der Waals surface area contributed by atoms with Gasteiger partial charge in [0.2, 0.25) is 11.8 Å². The molecule has 0 unspecified atom stereocenters. The molecule has 0 atom stereocenters. The van der Waals surface area contributed by atoms with E-state index >= 15 is 0 Å². The maximum Gasteiger partial charge on any atom is 0.233 e. The second kappa shape index (κ2) is 12.4. The van der Waals surface area contributed by atoms with Crippen molar-refractivity contribution >= 4 is 0 Å². The molecule has 1 aliphatic rings. The van der Waals surface area contributed by atoms with Crippen LogP contribution in [0.25, 0.3) is 22.4 Å². The number of ether oxygens (including phenoxy) is 2. The first-order valence-electron chi connectivity index (χ1n) is 12.5. The zero-order valence-electron chi connectivity index (χ0n) is 20.9. The van der Waals surface area contributed by atoms with Gasteiger partial charge in [-0.25, -0.2) is 14.4 Å². The lowest BCUT2D eigenvalue weighted by molar-refractivity contribution is 0.0383. The van der Waals surface area contributed by atoms with E-state index in [1.54, 1.807) is 24.4 Å². The highest BCUT2D eigenvalue weighted by Crippen LogP contribution is 2.29. The first-order valence-corrected chi connectivity index (χ1v) is 12.5. The summed E-state index contributed by atoms with van der Waals surface area (Å²) in [6, 6.07) is 19.8. The largest absolute Gasteiger partial charge is 0.467 e. The molecule has 194 valence electrons. The highest BCUT2D eigenvalue weighted by atomic mass is 19.1. The van der Waals surface area contributed by atoms with Crippen LogP contribution in [0.1, 0.15) is 17.2 Å². The number of nitriles is 1. The highest BCUT2D eigenvalue weighted by molar-refractivity contribution is 5.72. The molecule has 1 N–H and O–H groups in total. The summed E-state index contributed by atoms with van der Waals surface area (Å²) in [5, 5.41) is 13.2. The minimum atomic E-state index is -0.320. The molecule has 8 nitrogen and oxygen atoms in total. The number of nitrogens with zero attached hydrogens (tertiary/aromatic N) is 4. The number of halogens is 1. The van der Waals surface area contributed by atoms with Crippen LogP contribution >= 0.6 is 0 Å². The zero-order valence-corrected chi connectivity index (χ0v) is 20.9. The summed E-state index contributed by atoms with van der Waals surface area (Å²) >= 11 is 0. The molecule has 0 saturated carbocycles. The molecule has 3 heterocycles. The molecule has 2 aromatic heterocycles. The number of nitrogens with one attached hydrogen (secondary N) is 1. The number of rotatable bonds is 10. The number of hydrogen-bond donors (Lipinski definition) is 1. The average Bonchev–Trinajstić information content (AvgIpc) is 3.38. The molecular weight excluding hydrogens is 485 g/mol. The Balaban J connectivity index is 1.31. The standard InChI is InChI=1S/C29H28FN5O3/c30-23-8-6-22(7-9-23)28-26(19-32-12-13-35-14-16-36-17-15-35)38-27(34-28)20-37-29-25(18-31)24(10-11-33-29)21-4-2-1-3-5-21/h1-11,32H,12-17,19-20H2. The Morgan fingerprint density at radius 3 is 2.58 bits per heavy atom. The van der Waals surface area contributed by atoms with Crippen LogP contribution in [0, 0.1) is 17.1 Å². The monoisotopic (exact) mass is 513 g/mol. The van der Waals surface area contributed by atoms with E-state index in [9.17, 15) is 9.65 Å². The van der Waals surface area contributed by atoms with Gasteiger partial charge in [0, 0.05) is 43.5 Å². The van der Waals surface area contributed by atoms with Gasteiger partial charge in [-0.15, -0.1) is 0 Å². The van der Waals surface area contributed by atoms with Crippen molar-refractivity contribution in [2.45, 2.75) is 13.2 Å². The van der Waals surface area contributed by atoms with Crippen molar-refractivity contribution in [3.8, 4) is 34.3 Å². The second-order valence-corrected chi connectivity index (χ2v) is 8.82. The van der Waals surface area contributed by atoms with E-state index in [2.05, 4.69) is 26.3 Å². The summed E-state index contributed by atoms with van der Waals surface area (Å²) < 4.78 is 30.9. The van der Waals surface area contributed by atoms with Gasteiger partial charge in [0.25, 0.3) is 0 Å². The Labute approximate surface area is 220 Å². The zero-order chi connectivity index (χ0) is 26.2. The number of benzene rings is 2. The molecule has 2 aromatic carbocycles. The van der Waals surface area contributed by atoms with E-state index in [4.69, 9.17) is 13.9 Å². The molecule has 0 radical (unpaired) electrons. The summed E-state index contributed by atoms with van der Waals surface area (Å²) in [7, 11) is 0. The third-order valence-corrected chi connectivity index (χ3v) is 6.30. The maximum atomic E-state index is 13.5. The fourth-order valence-corrected chi connectivity index (χ4v) is 4.33. The molecule has 5 rings (SSSR count). The minimum absolute atomic E-state index is 0.0120. The summed E-state index contributed by atoms with van der Waals surface area (Å²) in [6.45, 7) is 5.49. The van der Waals surface area contributed by atoms with E-state index in [0.717, 1.165) is 56.1 Å². The van der Waals surface area contributed by atoms with E-state index in [-0.39, 0.29) is 18.3 Å². The summed E-state index contributed by atoms with van der Waals surface area (Å²) in [5.74, 6) is 0.855. The molecule has 0 aliphatic carbocycles. The van der Waals surface area contributed by atoms with Gasteiger partial charge in [0.15, 0.2) is 6.61 Å². The normalized spacial score (nSPS) is 13.8. The maximum absolute atomic E-state index is 13.5. The molecule has 4 aromatic rings. The van der Waals surface area contributed by atoms with Crippen molar-refractivity contribution < 1.29 is 18.3 Å². The molecule has 0 amide bonds. The van der Waals surface area contributed by atoms with Crippen molar-refractivity contribution in [2.75, 3.05) is 39.4 Å². The first kappa shape index (κ1) is 25.5. The van der Waals surface area contributed by atoms with E-state index in [1.165, 1.54) is 12.1 Å². The van der Waals surface area contributed by atoms with Crippen LogP contribution in [0.5, 0.6) is 5.88 Å². The second-order valence-electron chi connectivity index (χ2n) is 8.82. The number of morpholine rings is 1. The quantitative estimate of drug-likeness (QED) is 0.312. The molecule has 1 fully saturated rings. The van der Waals surface area contributed by atoms with Crippen molar-refractivity contribution in [1.82, 2.24) is 20.2 Å². The number of pyridine rings is 1. The lowest BCUT2D eigenvalue weighted by Crippen LogP contribution is -2.40. The Hall–Kier alpha value is -4.10.